The van der Waals surface area contributed by atoms with E-state index in [4.69, 9.17) is 0 Å². The molecule has 4 rings (SSSR count). The molecule has 1 aliphatic rings. The van der Waals surface area contributed by atoms with Gasteiger partial charge in [0.1, 0.15) is 5.92 Å². The molecule has 0 aliphatic carbocycles. The van der Waals surface area contributed by atoms with Crippen molar-refractivity contribution in [3.63, 3.8) is 0 Å². The Morgan fingerprint density at radius 3 is 2.43 bits per heavy atom. The number of carbonyl (C=O) groups is 2. The maximum absolute atomic E-state index is 13.4. The molecule has 1 aromatic heterocycles. The predicted molar refractivity (Wildman–Crippen MR) is 153 cm³/mol. The number of hydrogen-bond donors (Lipinski definition) is 2. The molecule has 0 bridgehead atoms. The molecule has 0 spiro atoms. The Morgan fingerprint density at radius 1 is 1.05 bits per heavy atom. The minimum absolute atomic E-state index is 0.114. The number of para-hydroxylation sites is 1. The average Bonchev–Trinajstić information content (AvgIpc) is 3.43. The number of aryl methyl sites for hydroxylation is 1. The summed E-state index contributed by atoms with van der Waals surface area (Å²) in [4.78, 5) is 30.7. The van der Waals surface area contributed by atoms with E-state index < -0.39 is 11.8 Å². The van der Waals surface area contributed by atoms with Crippen LogP contribution >= 0.6 is 23.1 Å². The largest absolute Gasteiger partial charge is 0.325 e. The van der Waals surface area contributed by atoms with Crippen molar-refractivity contribution < 1.29 is 9.59 Å². The van der Waals surface area contributed by atoms with Crippen LogP contribution < -0.4 is 10.6 Å². The molecular weight excluding hydrogens is 500 g/mol. The highest BCUT2D eigenvalue weighted by Gasteiger charge is 2.39. The van der Waals surface area contributed by atoms with Crippen molar-refractivity contribution in [2.75, 3.05) is 16.4 Å². The second-order valence-corrected chi connectivity index (χ2v) is 10.5. The number of thioether (sulfide) groups is 1. The summed E-state index contributed by atoms with van der Waals surface area (Å²) < 4.78 is 0. The van der Waals surface area contributed by atoms with Gasteiger partial charge in [0.25, 0.3) is 5.91 Å². The number of hydrogen-bond acceptors (Lipinski definition) is 6. The molecule has 2 amide bonds. The van der Waals surface area contributed by atoms with Gasteiger partial charge in [-0.25, -0.2) is 4.99 Å². The van der Waals surface area contributed by atoms with Gasteiger partial charge in [-0.3, -0.25) is 9.59 Å². The van der Waals surface area contributed by atoms with E-state index in [2.05, 4.69) is 28.6 Å². The number of aliphatic imine (C=N–C) groups is 1. The van der Waals surface area contributed by atoms with E-state index in [1.807, 2.05) is 71.4 Å². The van der Waals surface area contributed by atoms with Gasteiger partial charge in [-0.1, -0.05) is 55.4 Å². The van der Waals surface area contributed by atoms with Crippen molar-refractivity contribution in [1.82, 2.24) is 0 Å². The summed E-state index contributed by atoms with van der Waals surface area (Å²) in [6.45, 7) is 3.92. The molecule has 1 aliphatic heterocycles. The van der Waals surface area contributed by atoms with Crippen LogP contribution in [0.25, 0.3) is 0 Å². The van der Waals surface area contributed by atoms with E-state index in [9.17, 15) is 14.9 Å². The minimum Gasteiger partial charge on any atom is -0.325 e. The van der Waals surface area contributed by atoms with Crippen LogP contribution in [0.1, 0.15) is 37.3 Å². The lowest BCUT2D eigenvalue weighted by Gasteiger charge is -2.29. The maximum Gasteiger partial charge on any atom is 0.254 e. The predicted octanol–water partition coefficient (Wildman–Crippen LogP) is 6.62. The Bertz CT molecular complexity index is 1340. The molecule has 0 saturated heterocycles. The number of benzene rings is 2. The molecule has 0 saturated carbocycles. The van der Waals surface area contributed by atoms with Crippen LogP contribution in [0.5, 0.6) is 0 Å². The third-order valence-electron chi connectivity index (χ3n) is 6.02. The number of allylic oxidation sites excluding steroid dienone is 1. The molecule has 0 fully saturated rings. The van der Waals surface area contributed by atoms with Gasteiger partial charge < -0.3 is 10.6 Å². The molecule has 6 nitrogen and oxygen atoms in total. The quantitative estimate of drug-likeness (QED) is 0.343. The number of nitrogens with one attached hydrogen (secondary N) is 2. The van der Waals surface area contributed by atoms with Crippen molar-refractivity contribution >= 4 is 51.3 Å². The summed E-state index contributed by atoms with van der Waals surface area (Å²) in [5.41, 5.74) is 4.55. The van der Waals surface area contributed by atoms with Gasteiger partial charge in [-0.2, -0.15) is 16.6 Å². The van der Waals surface area contributed by atoms with E-state index in [0.29, 0.717) is 22.0 Å². The Kier molecular flexibility index (Phi) is 8.94. The van der Waals surface area contributed by atoms with Gasteiger partial charge in [0.05, 0.1) is 16.9 Å². The molecular formula is C29H28N4O2S2. The van der Waals surface area contributed by atoms with Gasteiger partial charge >= 0.3 is 0 Å². The first-order valence-corrected chi connectivity index (χ1v) is 14.0. The molecule has 8 heteroatoms. The van der Waals surface area contributed by atoms with Crippen LogP contribution in [0, 0.1) is 17.2 Å². The van der Waals surface area contributed by atoms with Gasteiger partial charge in [-0.15, -0.1) is 0 Å². The van der Waals surface area contributed by atoms with Crippen molar-refractivity contribution in [2.24, 2.45) is 10.9 Å². The Labute approximate surface area is 225 Å². The lowest BCUT2D eigenvalue weighted by molar-refractivity contribution is -0.114. The summed E-state index contributed by atoms with van der Waals surface area (Å²) in [6.07, 6.45) is 2.07. The smallest absolute Gasteiger partial charge is 0.254 e. The summed E-state index contributed by atoms with van der Waals surface area (Å²) in [6, 6.07) is 21.4. The maximum atomic E-state index is 13.4. The first-order valence-electron chi connectivity index (χ1n) is 12.1. The number of carbonyl (C=O) groups excluding carboxylic acids is 2. The molecule has 188 valence electrons. The Balaban J connectivity index is 1.53. The van der Waals surface area contributed by atoms with Crippen LogP contribution in [0.2, 0.25) is 0 Å². The molecule has 2 atom stereocenters. The van der Waals surface area contributed by atoms with Gasteiger partial charge in [0, 0.05) is 28.6 Å². The zero-order chi connectivity index (χ0) is 26.2. The van der Waals surface area contributed by atoms with Gasteiger partial charge in [0.15, 0.2) is 0 Å². The van der Waals surface area contributed by atoms with Crippen molar-refractivity contribution in [2.45, 2.75) is 32.6 Å². The second-order valence-electron chi connectivity index (χ2n) is 8.69. The van der Waals surface area contributed by atoms with E-state index in [-0.39, 0.29) is 17.6 Å². The molecule has 3 aromatic rings. The highest BCUT2D eigenvalue weighted by atomic mass is 32.2. The molecule has 2 N–H and O–H groups in total. The lowest BCUT2D eigenvalue weighted by atomic mass is 9.79. The van der Waals surface area contributed by atoms with Crippen molar-refractivity contribution in [1.29, 1.82) is 5.26 Å². The van der Waals surface area contributed by atoms with Crippen LogP contribution in [0.3, 0.4) is 0 Å². The van der Waals surface area contributed by atoms with Crippen LogP contribution in [0.15, 0.2) is 87.7 Å². The van der Waals surface area contributed by atoms with Crippen molar-refractivity contribution in [3.05, 3.63) is 93.8 Å². The van der Waals surface area contributed by atoms with Crippen LogP contribution in [-0.2, 0) is 16.0 Å². The summed E-state index contributed by atoms with van der Waals surface area (Å²) in [5, 5.41) is 20.5. The summed E-state index contributed by atoms with van der Waals surface area (Å²) in [7, 11) is 0. The number of anilines is 2. The Morgan fingerprint density at radius 2 is 1.78 bits per heavy atom. The zero-order valence-corrected chi connectivity index (χ0v) is 22.4. The van der Waals surface area contributed by atoms with E-state index in [0.717, 1.165) is 24.1 Å². The van der Waals surface area contributed by atoms with E-state index in [1.165, 1.54) is 28.7 Å². The third kappa shape index (κ3) is 6.56. The number of nitriles is 1. The number of nitrogens with zero attached hydrogens (tertiary/aromatic N) is 2. The first kappa shape index (κ1) is 26.4. The summed E-state index contributed by atoms with van der Waals surface area (Å²) >= 11 is 2.76. The fourth-order valence-electron chi connectivity index (χ4n) is 4.30. The van der Waals surface area contributed by atoms with Crippen LogP contribution in [-0.4, -0.2) is 22.6 Å². The highest BCUT2D eigenvalue weighted by Crippen LogP contribution is 2.42. The van der Waals surface area contributed by atoms with Crippen LogP contribution in [0.4, 0.5) is 11.4 Å². The highest BCUT2D eigenvalue weighted by molar-refractivity contribution is 8.14. The first-order chi connectivity index (χ1) is 18.0. The summed E-state index contributed by atoms with van der Waals surface area (Å²) in [5.74, 6) is -1.50. The topological polar surface area (TPSA) is 94.3 Å². The monoisotopic (exact) mass is 528 g/mol. The number of amides is 2. The average molecular weight is 529 g/mol. The van der Waals surface area contributed by atoms with E-state index >= 15 is 0 Å². The standard InChI is InChI=1S/C29H28N4O2S2/c1-3-7-20-10-12-23(13-11-20)32-25(34)18-37-29-24(16-30)27(21-14-15-36-17-21)26(19(2)31-29)28(35)33-22-8-5-4-6-9-22/h4-6,8-15,17,24,27H,3,7,18H2,1-2H3,(H,32,34)(H,33,35). The van der Waals surface area contributed by atoms with Gasteiger partial charge in [0.2, 0.25) is 5.91 Å². The SMILES string of the molecule is CCCc1ccc(NC(=O)CSC2=NC(C)=C(C(=O)Nc3ccccc3)C(c3ccsc3)C2C#N)cc1. The van der Waals surface area contributed by atoms with Crippen molar-refractivity contribution in [3.8, 4) is 6.07 Å². The number of rotatable bonds is 8. The van der Waals surface area contributed by atoms with Gasteiger partial charge in [-0.05, 0) is 65.6 Å². The minimum atomic E-state index is -0.680. The molecule has 2 heterocycles. The molecule has 0 radical (unpaired) electrons. The fraction of sp³-hybridized carbons (Fsp3) is 0.241. The number of thiophene rings is 1. The van der Waals surface area contributed by atoms with E-state index in [1.54, 1.807) is 6.92 Å². The molecule has 2 unspecified atom stereocenters. The Hall–Kier alpha value is -3.67. The molecule has 37 heavy (non-hydrogen) atoms. The normalized spacial score (nSPS) is 17.1. The fourth-order valence-corrected chi connectivity index (χ4v) is 5.92. The third-order valence-corrected chi connectivity index (χ3v) is 7.77. The lowest BCUT2D eigenvalue weighted by Crippen LogP contribution is -2.31. The second kappa shape index (κ2) is 12.5. The zero-order valence-electron chi connectivity index (χ0n) is 20.7. The molecule has 2 aromatic carbocycles.